The summed E-state index contributed by atoms with van der Waals surface area (Å²) in [5.74, 6) is 0. The van der Waals surface area contributed by atoms with E-state index < -0.39 is 11.9 Å². The van der Waals surface area contributed by atoms with E-state index in [1.54, 1.807) is 13.0 Å². The fourth-order valence-electron chi connectivity index (χ4n) is 1.91. The van der Waals surface area contributed by atoms with E-state index in [1.165, 1.54) is 19.4 Å². The molecule has 2 aromatic rings. The molecule has 0 N–H and O–H groups in total. The number of nitriles is 1. The van der Waals surface area contributed by atoms with Crippen molar-refractivity contribution in [2.24, 2.45) is 0 Å². The number of aryl methyl sites for hydroxylation is 1. The van der Waals surface area contributed by atoms with E-state index in [0.29, 0.717) is 5.56 Å². The standard InChI is InChI=1S/C13H12F3N5O/c1-8-5-9(6-17)18-19-11(8)10-7-21(3-4-22-2)20-12(10)13(14,15)16/h5,7H,3-4H2,1-2H3. The van der Waals surface area contributed by atoms with Crippen LogP contribution in [0.4, 0.5) is 13.2 Å². The van der Waals surface area contributed by atoms with E-state index in [9.17, 15) is 13.2 Å². The molecule has 0 saturated heterocycles. The zero-order chi connectivity index (χ0) is 16.3. The highest BCUT2D eigenvalue weighted by atomic mass is 19.4. The lowest BCUT2D eigenvalue weighted by Gasteiger charge is -2.07. The molecule has 2 rings (SSSR count). The summed E-state index contributed by atoms with van der Waals surface area (Å²) < 4.78 is 45.4. The number of halogens is 3. The number of hydrogen-bond acceptors (Lipinski definition) is 5. The number of methoxy groups -OCH3 is 1. The van der Waals surface area contributed by atoms with Crippen molar-refractivity contribution in [1.29, 1.82) is 5.26 Å². The van der Waals surface area contributed by atoms with E-state index in [-0.39, 0.29) is 30.1 Å². The maximum atomic E-state index is 13.1. The second kappa shape index (κ2) is 6.11. The molecule has 22 heavy (non-hydrogen) atoms. The minimum Gasteiger partial charge on any atom is -0.383 e. The van der Waals surface area contributed by atoms with E-state index in [0.717, 1.165) is 4.68 Å². The smallest absolute Gasteiger partial charge is 0.383 e. The van der Waals surface area contributed by atoms with Gasteiger partial charge in [0.1, 0.15) is 6.07 Å². The maximum absolute atomic E-state index is 13.1. The summed E-state index contributed by atoms with van der Waals surface area (Å²) in [6.45, 7) is 1.98. The molecule has 116 valence electrons. The maximum Gasteiger partial charge on any atom is 0.435 e. The molecule has 0 bridgehead atoms. The minimum atomic E-state index is -4.62. The molecule has 0 saturated carbocycles. The lowest BCUT2D eigenvalue weighted by Crippen LogP contribution is -2.11. The van der Waals surface area contributed by atoms with E-state index in [2.05, 4.69) is 15.3 Å². The molecule has 6 nitrogen and oxygen atoms in total. The molecular weight excluding hydrogens is 299 g/mol. The molecule has 0 amide bonds. The first-order chi connectivity index (χ1) is 10.4. The molecule has 0 aliphatic carbocycles. The molecule has 0 aromatic carbocycles. The molecule has 0 aliphatic rings. The van der Waals surface area contributed by atoms with Crippen LogP contribution in [0.1, 0.15) is 17.0 Å². The summed E-state index contributed by atoms with van der Waals surface area (Å²) >= 11 is 0. The summed E-state index contributed by atoms with van der Waals surface area (Å²) in [6.07, 6.45) is -3.36. The van der Waals surface area contributed by atoms with Gasteiger partial charge in [-0.1, -0.05) is 0 Å². The van der Waals surface area contributed by atoms with Crippen molar-refractivity contribution in [3.63, 3.8) is 0 Å². The first-order valence-corrected chi connectivity index (χ1v) is 6.25. The topological polar surface area (TPSA) is 76.6 Å². The van der Waals surface area contributed by atoms with Crippen LogP contribution in [0.3, 0.4) is 0 Å². The summed E-state index contributed by atoms with van der Waals surface area (Å²) in [4.78, 5) is 0. The summed E-state index contributed by atoms with van der Waals surface area (Å²) in [7, 11) is 1.45. The average molecular weight is 311 g/mol. The first-order valence-electron chi connectivity index (χ1n) is 6.25. The molecule has 2 aromatic heterocycles. The van der Waals surface area contributed by atoms with E-state index in [1.807, 2.05) is 0 Å². The van der Waals surface area contributed by atoms with Crippen LogP contribution < -0.4 is 0 Å². The third kappa shape index (κ3) is 3.23. The quantitative estimate of drug-likeness (QED) is 0.865. The van der Waals surface area contributed by atoms with Gasteiger partial charge >= 0.3 is 6.18 Å². The van der Waals surface area contributed by atoms with Crippen LogP contribution in [0.15, 0.2) is 12.3 Å². The second-order valence-electron chi connectivity index (χ2n) is 4.52. The molecule has 9 heteroatoms. The Balaban J connectivity index is 2.53. The Morgan fingerprint density at radius 1 is 1.36 bits per heavy atom. The predicted octanol–water partition coefficient (Wildman–Crippen LogP) is 2.19. The van der Waals surface area contributed by atoms with Gasteiger partial charge in [-0.25, -0.2) is 0 Å². The lowest BCUT2D eigenvalue weighted by molar-refractivity contribution is -0.141. The van der Waals surface area contributed by atoms with Gasteiger partial charge in [-0.2, -0.15) is 23.5 Å². The van der Waals surface area contributed by atoms with Crippen molar-refractivity contribution in [2.45, 2.75) is 19.6 Å². The highest BCUT2D eigenvalue weighted by Gasteiger charge is 2.38. The van der Waals surface area contributed by atoms with Crippen LogP contribution in [-0.4, -0.2) is 33.7 Å². The Labute approximate surface area is 124 Å². The third-order valence-electron chi connectivity index (χ3n) is 2.91. The van der Waals surface area contributed by atoms with Crippen molar-refractivity contribution >= 4 is 0 Å². The van der Waals surface area contributed by atoms with Gasteiger partial charge in [0.15, 0.2) is 11.4 Å². The largest absolute Gasteiger partial charge is 0.435 e. The Kier molecular flexibility index (Phi) is 4.42. The fourth-order valence-corrected chi connectivity index (χ4v) is 1.91. The van der Waals surface area contributed by atoms with Crippen molar-refractivity contribution in [3.05, 3.63) is 29.2 Å². The summed E-state index contributed by atoms with van der Waals surface area (Å²) in [5.41, 5.74) is -0.691. The van der Waals surface area contributed by atoms with Gasteiger partial charge in [-0.3, -0.25) is 4.68 Å². The summed E-state index contributed by atoms with van der Waals surface area (Å²) in [5, 5.41) is 19.6. The zero-order valence-corrected chi connectivity index (χ0v) is 11.8. The predicted molar refractivity (Wildman–Crippen MR) is 69.6 cm³/mol. The van der Waals surface area contributed by atoms with E-state index >= 15 is 0 Å². The van der Waals surface area contributed by atoms with Crippen molar-refractivity contribution in [2.75, 3.05) is 13.7 Å². The number of aromatic nitrogens is 4. The number of nitrogens with zero attached hydrogens (tertiary/aromatic N) is 5. The van der Waals surface area contributed by atoms with Crippen LogP contribution in [0.2, 0.25) is 0 Å². The molecule has 0 radical (unpaired) electrons. The number of hydrogen-bond donors (Lipinski definition) is 0. The Hall–Kier alpha value is -2.47. The second-order valence-corrected chi connectivity index (χ2v) is 4.52. The van der Waals surface area contributed by atoms with Gasteiger partial charge in [0.25, 0.3) is 0 Å². The number of alkyl halides is 3. The highest BCUT2D eigenvalue weighted by molar-refractivity contribution is 5.65. The first kappa shape index (κ1) is 15.9. The third-order valence-corrected chi connectivity index (χ3v) is 2.91. The number of rotatable bonds is 4. The summed E-state index contributed by atoms with van der Waals surface area (Å²) in [6, 6.07) is 3.18. The molecule has 0 atom stereocenters. The molecule has 2 heterocycles. The van der Waals surface area contributed by atoms with Gasteiger partial charge in [0.2, 0.25) is 0 Å². The molecule has 0 spiro atoms. The Morgan fingerprint density at radius 2 is 2.09 bits per heavy atom. The van der Waals surface area contributed by atoms with Crippen LogP contribution in [0.25, 0.3) is 11.3 Å². The Morgan fingerprint density at radius 3 is 2.64 bits per heavy atom. The van der Waals surface area contributed by atoms with Crippen molar-refractivity contribution in [3.8, 4) is 17.3 Å². The van der Waals surface area contributed by atoms with Crippen LogP contribution >= 0.6 is 0 Å². The van der Waals surface area contributed by atoms with Crippen molar-refractivity contribution in [1.82, 2.24) is 20.0 Å². The van der Waals surface area contributed by atoms with Crippen LogP contribution in [0, 0.1) is 18.3 Å². The zero-order valence-electron chi connectivity index (χ0n) is 11.8. The van der Waals surface area contributed by atoms with E-state index in [4.69, 9.17) is 10.00 Å². The number of ether oxygens (including phenoxy) is 1. The van der Waals surface area contributed by atoms with Crippen molar-refractivity contribution < 1.29 is 17.9 Å². The molecule has 0 fully saturated rings. The molecule has 0 unspecified atom stereocenters. The fraction of sp³-hybridized carbons (Fsp3) is 0.385. The van der Waals surface area contributed by atoms with Gasteiger partial charge in [0.05, 0.1) is 24.4 Å². The van der Waals surface area contributed by atoms with Crippen LogP contribution in [-0.2, 0) is 17.5 Å². The van der Waals surface area contributed by atoms with Gasteiger partial charge < -0.3 is 4.74 Å². The van der Waals surface area contributed by atoms with Crippen LogP contribution in [0.5, 0.6) is 0 Å². The average Bonchev–Trinajstić information content (AvgIpc) is 2.89. The van der Waals surface area contributed by atoms with Gasteiger partial charge in [-0.15, -0.1) is 10.2 Å². The highest BCUT2D eigenvalue weighted by Crippen LogP contribution is 2.36. The SMILES string of the molecule is COCCn1cc(-c2nnc(C#N)cc2C)c(C(F)(F)F)n1. The lowest BCUT2D eigenvalue weighted by atomic mass is 10.1. The minimum absolute atomic E-state index is 0.0431. The normalized spacial score (nSPS) is 11.5. The van der Waals surface area contributed by atoms with Gasteiger partial charge in [-0.05, 0) is 18.6 Å². The van der Waals surface area contributed by atoms with Gasteiger partial charge in [0, 0.05) is 13.3 Å². The molecule has 0 aliphatic heterocycles. The monoisotopic (exact) mass is 311 g/mol. The Bertz CT molecular complexity index is 717. The molecular formula is C13H12F3N5O.